The molecule has 1 spiro atoms. The summed E-state index contributed by atoms with van der Waals surface area (Å²) in [5.41, 5.74) is 2.82. The zero-order valence-corrected chi connectivity index (χ0v) is 20.4. The van der Waals surface area contributed by atoms with Crippen LogP contribution in [0.5, 0.6) is 11.8 Å². The average Bonchev–Trinajstić information content (AvgIpc) is 3.44. The number of hydrogen-bond acceptors (Lipinski definition) is 8. The summed E-state index contributed by atoms with van der Waals surface area (Å²) in [4.78, 5) is 9.50. The Morgan fingerprint density at radius 1 is 1.21 bits per heavy atom. The Balaban J connectivity index is 1.43. The van der Waals surface area contributed by atoms with E-state index in [4.69, 9.17) is 24.2 Å². The first-order valence-electron chi connectivity index (χ1n) is 12.1. The van der Waals surface area contributed by atoms with Gasteiger partial charge in [-0.15, -0.1) is 0 Å². The van der Waals surface area contributed by atoms with Crippen LogP contribution in [0.2, 0.25) is 0 Å². The van der Waals surface area contributed by atoms with Gasteiger partial charge in [0.25, 0.3) is 0 Å². The molecule has 2 N–H and O–H groups in total. The molecular formula is C25H34N6O3. The molecule has 4 heterocycles. The summed E-state index contributed by atoms with van der Waals surface area (Å²) >= 11 is 0. The second kappa shape index (κ2) is 9.38. The van der Waals surface area contributed by atoms with Gasteiger partial charge in [0, 0.05) is 12.0 Å². The molecule has 9 nitrogen and oxygen atoms in total. The molecule has 5 rings (SSSR count). The fourth-order valence-corrected chi connectivity index (χ4v) is 4.87. The summed E-state index contributed by atoms with van der Waals surface area (Å²) in [6.07, 6.45) is 4.69. The Morgan fingerprint density at radius 2 is 2.03 bits per heavy atom. The lowest BCUT2D eigenvalue weighted by Crippen LogP contribution is -2.41. The number of fused-ring (bicyclic) bond motifs is 1. The van der Waals surface area contributed by atoms with E-state index in [1.165, 1.54) is 0 Å². The van der Waals surface area contributed by atoms with Crippen molar-refractivity contribution in [1.29, 1.82) is 0 Å². The van der Waals surface area contributed by atoms with Crippen LogP contribution in [-0.2, 0) is 4.74 Å². The second-order valence-electron chi connectivity index (χ2n) is 9.65. The molecule has 2 fully saturated rings. The Morgan fingerprint density at radius 3 is 2.79 bits per heavy atom. The van der Waals surface area contributed by atoms with E-state index >= 15 is 0 Å². The van der Waals surface area contributed by atoms with Crippen LogP contribution in [0, 0.1) is 0 Å². The maximum Gasteiger partial charge on any atom is 0.322 e. The first-order chi connectivity index (χ1) is 16.5. The van der Waals surface area contributed by atoms with E-state index in [-0.39, 0.29) is 23.7 Å². The molecule has 0 radical (unpaired) electrons. The van der Waals surface area contributed by atoms with Crippen molar-refractivity contribution >= 4 is 11.6 Å². The number of hydrogen-bond donors (Lipinski definition) is 2. The maximum absolute atomic E-state index is 6.31. The zero-order valence-electron chi connectivity index (χ0n) is 20.4. The molecule has 2 unspecified atom stereocenters. The van der Waals surface area contributed by atoms with E-state index in [9.17, 15) is 0 Å². The number of ether oxygens (including phenoxy) is 3. The van der Waals surface area contributed by atoms with Gasteiger partial charge in [-0.05, 0) is 56.5 Å². The fourth-order valence-electron chi connectivity index (χ4n) is 4.87. The quantitative estimate of drug-likeness (QED) is 0.544. The lowest BCUT2D eigenvalue weighted by Gasteiger charge is -2.32. The van der Waals surface area contributed by atoms with Crippen LogP contribution in [0.15, 0.2) is 30.5 Å². The fraction of sp³-hybridized carbons (Fsp3) is 0.560. The number of nitrogens with one attached hydrogen (secondary N) is 2. The van der Waals surface area contributed by atoms with Crippen molar-refractivity contribution in [1.82, 2.24) is 24.9 Å². The van der Waals surface area contributed by atoms with E-state index < -0.39 is 0 Å². The van der Waals surface area contributed by atoms with Crippen molar-refractivity contribution in [2.45, 2.75) is 63.7 Å². The van der Waals surface area contributed by atoms with Crippen molar-refractivity contribution in [3.8, 4) is 11.8 Å². The first kappa shape index (κ1) is 22.9. The molecule has 34 heavy (non-hydrogen) atoms. The molecule has 182 valence electrons. The van der Waals surface area contributed by atoms with Gasteiger partial charge in [0.15, 0.2) is 5.65 Å². The Bertz CT molecular complexity index is 1140. The molecule has 1 aromatic carbocycles. The van der Waals surface area contributed by atoms with Gasteiger partial charge in [-0.3, -0.25) is 0 Å². The monoisotopic (exact) mass is 466 g/mol. The standard InChI is InChI=1S/C25H34N6O3/c1-16(2)21-14-27-31-22(21)29-24(34-20-13-25(33-15-20)8-10-26-11-9-25)30-23(31)28-17(3)18-6-5-7-19(12-18)32-4/h5-7,12,14,16-17,20,26H,8-11,13,15H2,1-4H3,(H,28,29,30). The number of nitrogens with zero attached hydrogens (tertiary/aromatic N) is 4. The highest BCUT2D eigenvalue weighted by molar-refractivity contribution is 5.53. The molecule has 2 atom stereocenters. The Labute approximate surface area is 200 Å². The van der Waals surface area contributed by atoms with Crippen molar-refractivity contribution in [3.05, 3.63) is 41.6 Å². The van der Waals surface area contributed by atoms with Crippen LogP contribution >= 0.6 is 0 Å². The molecule has 0 saturated carbocycles. The van der Waals surface area contributed by atoms with Crippen molar-refractivity contribution in [2.24, 2.45) is 0 Å². The number of rotatable bonds is 7. The van der Waals surface area contributed by atoms with Crippen LogP contribution in [0.1, 0.15) is 63.1 Å². The number of methoxy groups -OCH3 is 1. The normalized spacial score (nSPS) is 20.7. The van der Waals surface area contributed by atoms with E-state index in [0.29, 0.717) is 18.6 Å². The SMILES string of the molecule is COc1cccc(C(C)Nc2nc(OC3COC4(CCNCC4)C3)nc3c(C(C)C)cnn23)c1. The summed E-state index contributed by atoms with van der Waals surface area (Å²) in [6.45, 7) is 8.89. The number of anilines is 1. The van der Waals surface area contributed by atoms with Crippen molar-refractivity contribution in [3.63, 3.8) is 0 Å². The number of piperidine rings is 1. The average molecular weight is 467 g/mol. The topological polar surface area (TPSA) is 94.8 Å². The van der Waals surface area contributed by atoms with Gasteiger partial charge in [0.2, 0.25) is 5.95 Å². The van der Waals surface area contributed by atoms with Gasteiger partial charge < -0.3 is 24.8 Å². The van der Waals surface area contributed by atoms with Crippen LogP contribution in [0.3, 0.4) is 0 Å². The molecule has 3 aromatic rings. The van der Waals surface area contributed by atoms with E-state index in [1.807, 2.05) is 24.4 Å². The van der Waals surface area contributed by atoms with Crippen molar-refractivity contribution in [2.75, 3.05) is 32.1 Å². The summed E-state index contributed by atoms with van der Waals surface area (Å²) < 4.78 is 19.7. The minimum Gasteiger partial charge on any atom is -0.497 e. The molecule has 0 aliphatic carbocycles. The Kier molecular flexibility index (Phi) is 6.31. The van der Waals surface area contributed by atoms with E-state index in [0.717, 1.165) is 54.9 Å². The van der Waals surface area contributed by atoms with Crippen LogP contribution in [-0.4, -0.2) is 58.1 Å². The molecule has 0 bridgehead atoms. The van der Waals surface area contributed by atoms with Gasteiger partial charge >= 0.3 is 6.01 Å². The third-order valence-electron chi connectivity index (χ3n) is 6.90. The molecule has 2 aliphatic rings. The van der Waals surface area contributed by atoms with Crippen LogP contribution in [0.4, 0.5) is 5.95 Å². The van der Waals surface area contributed by atoms with Gasteiger partial charge in [-0.1, -0.05) is 26.0 Å². The second-order valence-corrected chi connectivity index (χ2v) is 9.65. The maximum atomic E-state index is 6.31. The summed E-state index contributed by atoms with van der Waals surface area (Å²) in [5, 5.41) is 11.5. The minimum atomic E-state index is -0.0817. The lowest BCUT2D eigenvalue weighted by atomic mass is 9.89. The molecule has 9 heteroatoms. The van der Waals surface area contributed by atoms with E-state index in [1.54, 1.807) is 11.6 Å². The molecule has 2 aliphatic heterocycles. The third-order valence-corrected chi connectivity index (χ3v) is 6.90. The van der Waals surface area contributed by atoms with Gasteiger partial charge in [0.1, 0.15) is 11.9 Å². The first-order valence-corrected chi connectivity index (χ1v) is 12.1. The Hall–Kier alpha value is -2.91. The molecule has 2 aromatic heterocycles. The predicted molar refractivity (Wildman–Crippen MR) is 130 cm³/mol. The molecule has 2 saturated heterocycles. The smallest absolute Gasteiger partial charge is 0.322 e. The lowest BCUT2D eigenvalue weighted by molar-refractivity contribution is -0.0206. The summed E-state index contributed by atoms with van der Waals surface area (Å²) in [6, 6.07) is 8.33. The minimum absolute atomic E-state index is 0.0272. The van der Waals surface area contributed by atoms with Gasteiger partial charge in [-0.2, -0.15) is 19.6 Å². The van der Waals surface area contributed by atoms with E-state index in [2.05, 4.69) is 42.6 Å². The van der Waals surface area contributed by atoms with Crippen LogP contribution in [0.25, 0.3) is 5.65 Å². The highest BCUT2D eigenvalue weighted by atomic mass is 16.6. The largest absolute Gasteiger partial charge is 0.497 e. The predicted octanol–water partition coefficient (Wildman–Crippen LogP) is 3.72. The van der Waals surface area contributed by atoms with Gasteiger partial charge in [0.05, 0.1) is 31.6 Å². The van der Waals surface area contributed by atoms with Gasteiger partial charge in [-0.25, -0.2) is 0 Å². The number of benzene rings is 1. The van der Waals surface area contributed by atoms with Crippen molar-refractivity contribution < 1.29 is 14.2 Å². The zero-order chi connectivity index (χ0) is 23.7. The third kappa shape index (κ3) is 4.54. The highest BCUT2D eigenvalue weighted by Crippen LogP contribution is 2.35. The highest BCUT2D eigenvalue weighted by Gasteiger charge is 2.42. The number of aromatic nitrogens is 4. The van der Waals surface area contributed by atoms with Crippen LogP contribution < -0.4 is 20.1 Å². The molecule has 0 amide bonds. The summed E-state index contributed by atoms with van der Waals surface area (Å²) in [5.74, 6) is 1.69. The molecular weight excluding hydrogens is 432 g/mol. The summed E-state index contributed by atoms with van der Waals surface area (Å²) in [7, 11) is 1.67.